The summed E-state index contributed by atoms with van der Waals surface area (Å²) in [6, 6.07) is 43.2. The Morgan fingerprint density at radius 3 is 2.14 bits per heavy atom. The molecule has 172 valence electrons. The van der Waals surface area contributed by atoms with Crippen molar-refractivity contribution in [1.29, 1.82) is 0 Å². The van der Waals surface area contributed by atoms with Crippen molar-refractivity contribution in [2.75, 3.05) is 0 Å². The smallest absolute Gasteiger partial charge is 0.0973 e. The van der Waals surface area contributed by atoms with Gasteiger partial charge in [0.25, 0.3) is 0 Å². The summed E-state index contributed by atoms with van der Waals surface area (Å²) in [5.41, 5.74) is 8.61. The fraction of sp³-hybridized carbons (Fsp3) is 0. The van der Waals surface area contributed by atoms with E-state index in [0.29, 0.717) is 0 Å². The highest BCUT2D eigenvalue weighted by molar-refractivity contribution is 7.26. The van der Waals surface area contributed by atoms with E-state index in [1.807, 2.05) is 35.6 Å². The maximum atomic E-state index is 5.00. The van der Waals surface area contributed by atoms with E-state index in [2.05, 4.69) is 97.1 Å². The standard InChI is InChI=1S/C34H20N2S/c1-4-14-32-26(9-1)27-11-6-10-25(34(27)37-32)24-8-5-7-22(19-24)23-16-15-21-17-18-31-33(28(21)20-23)36-30-13-3-2-12-29(30)35-31/h1-20H. The molecular weight excluding hydrogens is 468 g/mol. The van der Waals surface area contributed by atoms with E-state index in [4.69, 9.17) is 9.97 Å². The first-order valence-corrected chi connectivity index (χ1v) is 13.2. The predicted octanol–water partition coefficient (Wildman–Crippen LogP) is 9.64. The lowest BCUT2D eigenvalue weighted by Gasteiger charge is -2.10. The SMILES string of the molecule is c1cc(-c2ccc3ccc4nc5ccccc5nc4c3c2)cc(-c2cccc3c2sc2ccccc23)c1. The third-order valence-electron chi connectivity index (χ3n) is 7.24. The van der Waals surface area contributed by atoms with Gasteiger partial charge < -0.3 is 0 Å². The molecule has 0 aliphatic carbocycles. The topological polar surface area (TPSA) is 25.8 Å². The van der Waals surface area contributed by atoms with Gasteiger partial charge in [0.05, 0.1) is 22.1 Å². The van der Waals surface area contributed by atoms with Crippen LogP contribution in [0.25, 0.3) is 75.3 Å². The van der Waals surface area contributed by atoms with E-state index in [0.717, 1.165) is 27.5 Å². The number of para-hydroxylation sites is 2. The number of aromatic nitrogens is 2. The van der Waals surface area contributed by atoms with E-state index in [9.17, 15) is 0 Å². The summed E-state index contributed by atoms with van der Waals surface area (Å²) in [6.07, 6.45) is 0. The molecule has 6 aromatic carbocycles. The van der Waals surface area contributed by atoms with Crippen molar-refractivity contribution in [3.05, 3.63) is 121 Å². The van der Waals surface area contributed by atoms with Crippen LogP contribution in [-0.4, -0.2) is 9.97 Å². The van der Waals surface area contributed by atoms with E-state index in [-0.39, 0.29) is 0 Å². The van der Waals surface area contributed by atoms with Gasteiger partial charge in [0, 0.05) is 25.6 Å². The molecule has 0 saturated heterocycles. The second kappa shape index (κ2) is 7.95. The van der Waals surface area contributed by atoms with E-state index in [1.165, 1.54) is 47.8 Å². The van der Waals surface area contributed by atoms with Crippen LogP contribution in [0.5, 0.6) is 0 Å². The quantitative estimate of drug-likeness (QED) is 0.179. The molecule has 0 amide bonds. The van der Waals surface area contributed by atoms with Crippen molar-refractivity contribution in [2.24, 2.45) is 0 Å². The molecular formula is C34H20N2S. The minimum absolute atomic E-state index is 0.923. The first kappa shape index (κ1) is 20.6. The predicted molar refractivity (Wildman–Crippen MR) is 158 cm³/mol. The Morgan fingerprint density at radius 1 is 0.459 bits per heavy atom. The summed E-state index contributed by atoms with van der Waals surface area (Å²) in [6.45, 7) is 0. The summed E-state index contributed by atoms with van der Waals surface area (Å²) >= 11 is 1.87. The van der Waals surface area contributed by atoms with Gasteiger partial charge >= 0.3 is 0 Å². The Labute approximate surface area is 217 Å². The molecule has 0 unspecified atom stereocenters. The first-order valence-electron chi connectivity index (χ1n) is 12.4. The third kappa shape index (κ3) is 3.25. The summed E-state index contributed by atoms with van der Waals surface area (Å²) in [5.74, 6) is 0. The zero-order valence-corrected chi connectivity index (χ0v) is 20.7. The van der Waals surface area contributed by atoms with Crippen LogP contribution in [0.4, 0.5) is 0 Å². The molecule has 0 N–H and O–H groups in total. The summed E-state index contributed by atoms with van der Waals surface area (Å²) in [5, 5.41) is 4.96. The molecule has 0 fully saturated rings. The van der Waals surface area contributed by atoms with Crippen molar-refractivity contribution in [2.45, 2.75) is 0 Å². The Hall–Kier alpha value is -4.60. The molecule has 0 atom stereocenters. The van der Waals surface area contributed by atoms with Gasteiger partial charge in [-0.1, -0.05) is 84.9 Å². The Bertz CT molecular complexity index is 2160. The average Bonchev–Trinajstić information content (AvgIpc) is 3.35. The van der Waals surface area contributed by atoms with E-state index < -0.39 is 0 Å². The Morgan fingerprint density at radius 2 is 1.19 bits per heavy atom. The lowest BCUT2D eigenvalue weighted by Crippen LogP contribution is -1.89. The molecule has 8 rings (SSSR count). The van der Waals surface area contributed by atoms with Crippen LogP contribution < -0.4 is 0 Å². The third-order valence-corrected chi connectivity index (χ3v) is 8.46. The highest BCUT2D eigenvalue weighted by Gasteiger charge is 2.12. The molecule has 0 saturated carbocycles. The number of rotatable bonds is 2. The molecule has 0 spiro atoms. The molecule has 2 aromatic heterocycles. The van der Waals surface area contributed by atoms with E-state index >= 15 is 0 Å². The first-order chi connectivity index (χ1) is 18.3. The number of hydrogen-bond donors (Lipinski definition) is 0. The van der Waals surface area contributed by atoms with Gasteiger partial charge in [0.2, 0.25) is 0 Å². The minimum atomic E-state index is 0.923. The molecule has 0 bridgehead atoms. The minimum Gasteiger partial charge on any atom is -0.244 e. The molecule has 0 radical (unpaired) electrons. The van der Waals surface area contributed by atoms with Crippen molar-refractivity contribution in [3.8, 4) is 22.3 Å². The maximum absolute atomic E-state index is 5.00. The number of fused-ring (bicyclic) bond motifs is 7. The maximum Gasteiger partial charge on any atom is 0.0973 e. The molecule has 3 heteroatoms. The molecule has 0 aliphatic heterocycles. The summed E-state index contributed by atoms with van der Waals surface area (Å²) in [4.78, 5) is 9.87. The van der Waals surface area contributed by atoms with Gasteiger partial charge in [0.1, 0.15) is 0 Å². The highest BCUT2D eigenvalue weighted by Crippen LogP contribution is 2.40. The van der Waals surface area contributed by atoms with Gasteiger partial charge in [-0.3, -0.25) is 0 Å². The largest absolute Gasteiger partial charge is 0.244 e. The van der Waals surface area contributed by atoms with Crippen LogP contribution in [0.15, 0.2) is 121 Å². The second-order valence-corrected chi connectivity index (χ2v) is 10.5. The molecule has 37 heavy (non-hydrogen) atoms. The number of nitrogens with zero attached hydrogens (tertiary/aromatic N) is 2. The van der Waals surface area contributed by atoms with Crippen LogP contribution in [-0.2, 0) is 0 Å². The fourth-order valence-corrected chi connectivity index (χ4v) is 6.66. The number of thiophene rings is 1. The lowest BCUT2D eigenvalue weighted by atomic mass is 9.96. The number of benzene rings is 6. The van der Waals surface area contributed by atoms with Crippen molar-refractivity contribution in [1.82, 2.24) is 9.97 Å². The zero-order chi connectivity index (χ0) is 24.3. The summed E-state index contributed by atoms with van der Waals surface area (Å²) < 4.78 is 2.67. The molecule has 2 heterocycles. The lowest BCUT2D eigenvalue weighted by molar-refractivity contribution is 1.41. The van der Waals surface area contributed by atoms with Crippen LogP contribution in [0, 0.1) is 0 Å². The van der Waals surface area contributed by atoms with Crippen LogP contribution in [0.3, 0.4) is 0 Å². The van der Waals surface area contributed by atoms with Crippen LogP contribution in [0.2, 0.25) is 0 Å². The molecule has 2 nitrogen and oxygen atoms in total. The fourth-order valence-electron chi connectivity index (χ4n) is 5.42. The average molecular weight is 489 g/mol. The molecule has 8 aromatic rings. The van der Waals surface area contributed by atoms with Crippen molar-refractivity contribution in [3.63, 3.8) is 0 Å². The van der Waals surface area contributed by atoms with Crippen molar-refractivity contribution < 1.29 is 0 Å². The van der Waals surface area contributed by atoms with Gasteiger partial charge in [-0.15, -0.1) is 11.3 Å². The Balaban J connectivity index is 1.31. The highest BCUT2D eigenvalue weighted by atomic mass is 32.1. The van der Waals surface area contributed by atoms with Crippen molar-refractivity contribution >= 4 is 64.3 Å². The zero-order valence-electron chi connectivity index (χ0n) is 19.8. The Kier molecular flexibility index (Phi) is 4.42. The number of hydrogen-bond acceptors (Lipinski definition) is 3. The van der Waals surface area contributed by atoms with E-state index in [1.54, 1.807) is 0 Å². The van der Waals surface area contributed by atoms with Gasteiger partial charge in [-0.2, -0.15) is 0 Å². The van der Waals surface area contributed by atoms with Gasteiger partial charge in [0.15, 0.2) is 0 Å². The van der Waals surface area contributed by atoms with Crippen LogP contribution in [0.1, 0.15) is 0 Å². The van der Waals surface area contributed by atoms with Gasteiger partial charge in [-0.05, 0) is 64.0 Å². The normalized spacial score (nSPS) is 11.8. The monoisotopic (exact) mass is 488 g/mol. The van der Waals surface area contributed by atoms with Crippen LogP contribution >= 0.6 is 11.3 Å². The van der Waals surface area contributed by atoms with Gasteiger partial charge in [-0.25, -0.2) is 9.97 Å². The second-order valence-electron chi connectivity index (χ2n) is 9.44. The summed E-state index contributed by atoms with van der Waals surface area (Å²) in [7, 11) is 0. The molecule has 0 aliphatic rings.